The molecule has 3 N–H and O–H groups in total. The van der Waals surface area contributed by atoms with Crippen LogP contribution in [0, 0.1) is 0 Å². The standard InChI is InChI=1S/C16H17N3O2S/c1-21-15-8-7-13(9-14(15)20)11-18-19-16(22)17-10-12-5-3-2-4-6-12/h2-9,11,20H,10H2,1H3,(H2,17,19,22). The maximum Gasteiger partial charge on any atom is 0.187 e. The zero-order chi connectivity index (χ0) is 15.8. The molecule has 2 rings (SSSR count). The highest BCUT2D eigenvalue weighted by Gasteiger charge is 2.00. The van der Waals surface area contributed by atoms with E-state index in [1.807, 2.05) is 30.3 Å². The van der Waals surface area contributed by atoms with E-state index in [2.05, 4.69) is 15.8 Å². The normalized spacial score (nSPS) is 10.4. The highest BCUT2D eigenvalue weighted by Crippen LogP contribution is 2.25. The number of hydrogen-bond donors (Lipinski definition) is 3. The molecule has 0 aromatic heterocycles. The Morgan fingerprint density at radius 1 is 1.27 bits per heavy atom. The van der Waals surface area contributed by atoms with Crippen molar-refractivity contribution in [1.29, 1.82) is 0 Å². The first-order valence-electron chi connectivity index (χ1n) is 6.67. The molecule has 0 amide bonds. The van der Waals surface area contributed by atoms with Crippen LogP contribution in [-0.2, 0) is 6.54 Å². The number of hydrogen-bond acceptors (Lipinski definition) is 4. The van der Waals surface area contributed by atoms with Gasteiger partial charge in [0.15, 0.2) is 16.6 Å². The molecule has 0 atom stereocenters. The van der Waals surface area contributed by atoms with E-state index >= 15 is 0 Å². The van der Waals surface area contributed by atoms with Crippen LogP contribution in [0.2, 0.25) is 0 Å². The molecule has 5 nitrogen and oxygen atoms in total. The Bertz CT molecular complexity index is 660. The fourth-order valence-corrected chi connectivity index (χ4v) is 1.90. The lowest BCUT2D eigenvalue weighted by molar-refractivity contribution is 0.373. The van der Waals surface area contributed by atoms with Gasteiger partial charge in [-0.2, -0.15) is 5.10 Å². The Kier molecular flexibility index (Phi) is 5.73. The van der Waals surface area contributed by atoms with Crippen molar-refractivity contribution in [2.24, 2.45) is 5.10 Å². The van der Waals surface area contributed by atoms with E-state index < -0.39 is 0 Å². The number of hydrazone groups is 1. The molecule has 6 heteroatoms. The number of methoxy groups -OCH3 is 1. The van der Waals surface area contributed by atoms with E-state index in [0.717, 1.165) is 11.1 Å². The fraction of sp³-hybridized carbons (Fsp3) is 0.125. The summed E-state index contributed by atoms with van der Waals surface area (Å²) >= 11 is 5.13. The van der Waals surface area contributed by atoms with Crippen LogP contribution in [0.4, 0.5) is 0 Å². The van der Waals surface area contributed by atoms with E-state index in [0.29, 0.717) is 17.4 Å². The van der Waals surface area contributed by atoms with E-state index in [9.17, 15) is 5.11 Å². The lowest BCUT2D eigenvalue weighted by Crippen LogP contribution is -2.31. The van der Waals surface area contributed by atoms with Gasteiger partial charge in [0.1, 0.15) is 0 Å². The number of ether oxygens (including phenoxy) is 1. The van der Waals surface area contributed by atoms with Gasteiger partial charge in [-0.3, -0.25) is 5.43 Å². The van der Waals surface area contributed by atoms with Crippen LogP contribution in [0.15, 0.2) is 53.6 Å². The molecule has 2 aromatic rings. The molecule has 22 heavy (non-hydrogen) atoms. The van der Waals surface area contributed by atoms with Gasteiger partial charge in [-0.1, -0.05) is 30.3 Å². The highest BCUT2D eigenvalue weighted by atomic mass is 32.1. The van der Waals surface area contributed by atoms with Crippen LogP contribution in [0.5, 0.6) is 11.5 Å². The van der Waals surface area contributed by atoms with Crippen molar-refractivity contribution < 1.29 is 9.84 Å². The molecule has 0 bridgehead atoms. The first-order chi connectivity index (χ1) is 10.7. The molecule has 0 aliphatic heterocycles. The van der Waals surface area contributed by atoms with Gasteiger partial charge in [0.25, 0.3) is 0 Å². The third kappa shape index (κ3) is 4.75. The van der Waals surface area contributed by atoms with Gasteiger partial charge in [0.2, 0.25) is 0 Å². The molecule has 0 unspecified atom stereocenters. The molecule has 2 aromatic carbocycles. The minimum atomic E-state index is 0.0660. The number of phenolic OH excluding ortho intramolecular Hbond substituents is 1. The predicted octanol–water partition coefficient (Wildman–Crippen LogP) is 2.40. The first-order valence-corrected chi connectivity index (χ1v) is 7.07. The number of aromatic hydroxyl groups is 1. The lowest BCUT2D eigenvalue weighted by atomic mass is 10.2. The van der Waals surface area contributed by atoms with Gasteiger partial charge in [-0.05, 0) is 41.5 Å². The van der Waals surface area contributed by atoms with E-state index in [1.165, 1.54) is 7.11 Å². The number of phenols is 1. The Labute approximate surface area is 134 Å². The molecule has 0 radical (unpaired) electrons. The average Bonchev–Trinajstić information content (AvgIpc) is 2.54. The number of benzene rings is 2. The van der Waals surface area contributed by atoms with E-state index in [4.69, 9.17) is 17.0 Å². The molecule has 0 aliphatic carbocycles. The predicted molar refractivity (Wildman–Crippen MR) is 91.3 cm³/mol. The van der Waals surface area contributed by atoms with E-state index in [-0.39, 0.29) is 5.75 Å². The number of rotatable bonds is 5. The number of thiocarbonyl (C=S) groups is 1. The first kappa shape index (κ1) is 15.8. The van der Waals surface area contributed by atoms with Crippen molar-refractivity contribution in [3.63, 3.8) is 0 Å². The Hall–Kier alpha value is -2.60. The smallest absolute Gasteiger partial charge is 0.187 e. The summed E-state index contributed by atoms with van der Waals surface area (Å²) in [6.07, 6.45) is 1.57. The maximum atomic E-state index is 9.66. The Morgan fingerprint density at radius 3 is 2.73 bits per heavy atom. The fourth-order valence-electron chi connectivity index (χ4n) is 1.77. The van der Waals surface area contributed by atoms with Gasteiger partial charge >= 0.3 is 0 Å². The van der Waals surface area contributed by atoms with E-state index in [1.54, 1.807) is 24.4 Å². The van der Waals surface area contributed by atoms with Crippen molar-refractivity contribution >= 4 is 23.5 Å². The topological polar surface area (TPSA) is 65.9 Å². The number of nitrogens with one attached hydrogen (secondary N) is 2. The maximum absolute atomic E-state index is 9.66. The van der Waals surface area contributed by atoms with Crippen LogP contribution >= 0.6 is 12.2 Å². The van der Waals surface area contributed by atoms with Crippen LogP contribution < -0.4 is 15.5 Å². The van der Waals surface area contributed by atoms with Crippen LogP contribution in [-0.4, -0.2) is 23.5 Å². The van der Waals surface area contributed by atoms with Gasteiger partial charge in [-0.15, -0.1) is 0 Å². The second-order valence-electron chi connectivity index (χ2n) is 4.47. The largest absolute Gasteiger partial charge is 0.504 e. The van der Waals surface area contributed by atoms with Gasteiger partial charge in [-0.25, -0.2) is 0 Å². The van der Waals surface area contributed by atoms with Crippen molar-refractivity contribution in [1.82, 2.24) is 10.7 Å². The van der Waals surface area contributed by atoms with Crippen molar-refractivity contribution in [2.75, 3.05) is 7.11 Å². The van der Waals surface area contributed by atoms with Gasteiger partial charge in [0, 0.05) is 6.54 Å². The summed E-state index contributed by atoms with van der Waals surface area (Å²) in [7, 11) is 1.50. The summed E-state index contributed by atoms with van der Waals surface area (Å²) in [4.78, 5) is 0. The SMILES string of the molecule is COc1ccc(C=NNC(=S)NCc2ccccc2)cc1O. The highest BCUT2D eigenvalue weighted by molar-refractivity contribution is 7.80. The summed E-state index contributed by atoms with van der Waals surface area (Å²) < 4.78 is 4.98. The second kappa shape index (κ2) is 7.99. The monoisotopic (exact) mass is 315 g/mol. The zero-order valence-corrected chi connectivity index (χ0v) is 12.9. The van der Waals surface area contributed by atoms with Gasteiger partial charge < -0.3 is 15.2 Å². The molecular weight excluding hydrogens is 298 g/mol. The molecule has 0 saturated heterocycles. The van der Waals surface area contributed by atoms with Crippen molar-refractivity contribution in [2.45, 2.75) is 6.54 Å². The zero-order valence-electron chi connectivity index (χ0n) is 12.1. The molecule has 114 valence electrons. The minimum absolute atomic E-state index is 0.0660. The molecular formula is C16H17N3O2S. The summed E-state index contributed by atoms with van der Waals surface area (Å²) in [5.41, 5.74) is 4.59. The summed E-state index contributed by atoms with van der Waals surface area (Å²) in [6.45, 7) is 0.630. The lowest BCUT2D eigenvalue weighted by Gasteiger charge is -2.07. The van der Waals surface area contributed by atoms with Crippen molar-refractivity contribution in [3.05, 3.63) is 59.7 Å². The van der Waals surface area contributed by atoms with Crippen LogP contribution in [0.25, 0.3) is 0 Å². The second-order valence-corrected chi connectivity index (χ2v) is 4.88. The summed E-state index contributed by atoms with van der Waals surface area (Å²) in [5, 5.41) is 17.2. The average molecular weight is 315 g/mol. The third-order valence-electron chi connectivity index (χ3n) is 2.88. The van der Waals surface area contributed by atoms with Crippen LogP contribution in [0.3, 0.4) is 0 Å². The molecule has 0 spiro atoms. The molecule has 0 heterocycles. The Morgan fingerprint density at radius 2 is 2.05 bits per heavy atom. The van der Waals surface area contributed by atoms with Crippen molar-refractivity contribution in [3.8, 4) is 11.5 Å². The third-order valence-corrected chi connectivity index (χ3v) is 3.11. The summed E-state index contributed by atoms with van der Waals surface area (Å²) in [6, 6.07) is 15.0. The van der Waals surface area contributed by atoms with Gasteiger partial charge in [0.05, 0.1) is 13.3 Å². The molecule has 0 aliphatic rings. The molecule has 0 fully saturated rings. The van der Waals surface area contributed by atoms with Crippen LogP contribution in [0.1, 0.15) is 11.1 Å². The number of nitrogens with zero attached hydrogens (tertiary/aromatic N) is 1. The quantitative estimate of drug-likeness (QED) is 0.449. The Balaban J connectivity index is 1.81. The minimum Gasteiger partial charge on any atom is -0.504 e. The molecule has 0 saturated carbocycles. The summed E-state index contributed by atoms with van der Waals surface area (Å²) in [5.74, 6) is 0.487.